The first kappa shape index (κ1) is 18.0. The molecule has 2 unspecified atom stereocenters. The van der Waals surface area contributed by atoms with Crippen LogP contribution in [0.1, 0.15) is 36.9 Å². The molecule has 0 saturated heterocycles. The normalized spacial score (nSPS) is 17.5. The van der Waals surface area contributed by atoms with Crippen molar-refractivity contribution in [1.29, 1.82) is 0 Å². The number of rotatable bonds is 4. The number of fused-ring (bicyclic) bond motifs is 1. The van der Waals surface area contributed by atoms with Crippen LogP contribution < -0.4 is 10.1 Å². The van der Waals surface area contributed by atoms with E-state index in [2.05, 4.69) is 5.32 Å². The molecule has 0 radical (unpaired) electrons. The van der Waals surface area contributed by atoms with Crippen LogP contribution in [-0.2, 0) is 11.2 Å². The zero-order valence-corrected chi connectivity index (χ0v) is 15.2. The van der Waals surface area contributed by atoms with E-state index in [1.165, 1.54) is 6.07 Å². The molecule has 1 aliphatic carbocycles. The Labute approximate surface area is 156 Å². The highest BCUT2D eigenvalue weighted by atomic mass is 35.5. The second-order valence-electron chi connectivity index (χ2n) is 6.13. The van der Waals surface area contributed by atoms with Gasteiger partial charge in [-0.15, -0.1) is 0 Å². The van der Waals surface area contributed by atoms with Crippen molar-refractivity contribution in [2.45, 2.75) is 38.3 Å². The third kappa shape index (κ3) is 4.25. The Morgan fingerprint density at radius 1 is 1.28 bits per heavy atom. The van der Waals surface area contributed by atoms with Gasteiger partial charge in [-0.25, -0.2) is 4.39 Å². The van der Waals surface area contributed by atoms with E-state index in [9.17, 15) is 9.18 Å². The number of carbonyl (C=O) groups excluding carboxylic acids is 1. The van der Waals surface area contributed by atoms with Gasteiger partial charge in [-0.1, -0.05) is 29.3 Å². The van der Waals surface area contributed by atoms with Crippen LogP contribution in [0.25, 0.3) is 0 Å². The van der Waals surface area contributed by atoms with Crippen molar-refractivity contribution in [3.63, 3.8) is 0 Å². The topological polar surface area (TPSA) is 38.3 Å². The molecule has 1 aliphatic rings. The average molecular weight is 382 g/mol. The summed E-state index contributed by atoms with van der Waals surface area (Å²) < 4.78 is 19.0. The van der Waals surface area contributed by atoms with Crippen molar-refractivity contribution >= 4 is 29.1 Å². The van der Waals surface area contributed by atoms with E-state index < -0.39 is 6.10 Å². The Bertz CT molecular complexity index is 797. The molecule has 0 fully saturated rings. The molecule has 2 aromatic rings. The Morgan fingerprint density at radius 3 is 2.84 bits per heavy atom. The summed E-state index contributed by atoms with van der Waals surface area (Å²) in [4.78, 5) is 12.5. The lowest BCUT2D eigenvalue weighted by Crippen LogP contribution is -2.39. The first-order valence-corrected chi connectivity index (χ1v) is 8.90. The number of halogens is 3. The van der Waals surface area contributed by atoms with Crippen LogP contribution in [0.5, 0.6) is 5.75 Å². The van der Waals surface area contributed by atoms with E-state index in [0.717, 1.165) is 30.4 Å². The summed E-state index contributed by atoms with van der Waals surface area (Å²) in [5.41, 5.74) is 1.92. The first-order chi connectivity index (χ1) is 11.9. The van der Waals surface area contributed by atoms with Crippen molar-refractivity contribution in [1.82, 2.24) is 5.32 Å². The van der Waals surface area contributed by atoms with E-state index in [0.29, 0.717) is 15.8 Å². The molecule has 0 heterocycles. The summed E-state index contributed by atoms with van der Waals surface area (Å²) in [6.45, 7) is 1.66. The molecule has 2 atom stereocenters. The maximum atomic E-state index is 13.4. The minimum atomic E-state index is -0.718. The third-order valence-corrected chi connectivity index (χ3v) is 4.83. The molecule has 1 amide bonds. The predicted molar refractivity (Wildman–Crippen MR) is 96.8 cm³/mol. The van der Waals surface area contributed by atoms with Gasteiger partial charge in [0.05, 0.1) is 11.1 Å². The second-order valence-corrected chi connectivity index (χ2v) is 6.97. The number of benzene rings is 2. The van der Waals surface area contributed by atoms with Crippen LogP contribution in [0.15, 0.2) is 36.4 Å². The lowest BCUT2D eigenvalue weighted by molar-refractivity contribution is -0.128. The molecule has 3 nitrogen and oxygen atoms in total. The molecule has 0 saturated carbocycles. The highest BCUT2D eigenvalue weighted by molar-refractivity contribution is 6.35. The van der Waals surface area contributed by atoms with Crippen molar-refractivity contribution in [2.75, 3.05) is 0 Å². The second kappa shape index (κ2) is 7.63. The van der Waals surface area contributed by atoms with Crippen LogP contribution in [0, 0.1) is 5.82 Å². The van der Waals surface area contributed by atoms with Gasteiger partial charge in [0.25, 0.3) is 5.91 Å². The van der Waals surface area contributed by atoms with Gasteiger partial charge in [-0.2, -0.15) is 0 Å². The number of ether oxygens (including phenoxy) is 1. The summed E-state index contributed by atoms with van der Waals surface area (Å²) in [6, 6.07) is 9.43. The number of aryl methyl sites for hydroxylation is 1. The molecular formula is C19H18Cl2FNO2. The summed E-state index contributed by atoms with van der Waals surface area (Å²) in [5, 5.41) is 3.84. The monoisotopic (exact) mass is 381 g/mol. The lowest BCUT2D eigenvalue weighted by Gasteiger charge is -2.27. The molecular weight excluding hydrogens is 364 g/mol. The summed E-state index contributed by atoms with van der Waals surface area (Å²) in [6.07, 6.45) is 1.83. The van der Waals surface area contributed by atoms with Gasteiger partial charge in [-0.05, 0) is 67.6 Å². The number of hydrogen-bond donors (Lipinski definition) is 1. The van der Waals surface area contributed by atoms with E-state index in [1.54, 1.807) is 37.3 Å². The zero-order chi connectivity index (χ0) is 18.0. The van der Waals surface area contributed by atoms with Crippen molar-refractivity contribution in [3.05, 3.63) is 63.4 Å². The quantitative estimate of drug-likeness (QED) is 0.800. The molecule has 3 rings (SSSR count). The number of carbonyl (C=O) groups is 1. The molecule has 6 heteroatoms. The Balaban J connectivity index is 1.68. The number of hydrogen-bond acceptors (Lipinski definition) is 2. The lowest BCUT2D eigenvalue weighted by atomic mass is 9.87. The maximum absolute atomic E-state index is 13.4. The Kier molecular flexibility index (Phi) is 5.50. The van der Waals surface area contributed by atoms with Crippen LogP contribution >= 0.6 is 23.2 Å². The average Bonchev–Trinajstić information content (AvgIpc) is 2.57. The molecule has 0 aliphatic heterocycles. The van der Waals surface area contributed by atoms with Gasteiger partial charge in [-0.3, -0.25) is 4.79 Å². The van der Waals surface area contributed by atoms with Gasteiger partial charge in [0.1, 0.15) is 11.6 Å². The smallest absolute Gasteiger partial charge is 0.261 e. The molecule has 132 valence electrons. The molecule has 0 spiro atoms. The van der Waals surface area contributed by atoms with Crippen molar-refractivity contribution < 1.29 is 13.9 Å². The summed E-state index contributed by atoms with van der Waals surface area (Å²) >= 11 is 11.9. The predicted octanol–water partition coefficient (Wildman–Crippen LogP) is 5.09. The maximum Gasteiger partial charge on any atom is 0.261 e. The van der Waals surface area contributed by atoms with Crippen molar-refractivity contribution in [2.24, 2.45) is 0 Å². The van der Waals surface area contributed by atoms with E-state index in [-0.39, 0.29) is 17.8 Å². The fraction of sp³-hybridized carbons (Fsp3) is 0.316. The van der Waals surface area contributed by atoms with Gasteiger partial charge < -0.3 is 10.1 Å². The molecule has 2 aromatic carbocycles. The Morgan fingerprint density at radius 2 is 2.08 bits per heavy atom. The standard InChI is InChI=1S/C19H18Cl2FNO2/c1-11(25-18-8-5-13(20)10-16(18)21)19(24)23-17-4-2-3-12-9-14(22)6-7-15(12)17/h5-11,17H,2-4H2,1H3,(H,23,24). The van der Waals surface area contributed by atoms with Gasteiger partial charge >= 0.3 is 0 Å². The number of amides is 1. The molecule has 0 aromatic heterocycles. The molecule has 0 bridgehead atoms. The van der Waals surface area contributed by atoms with E-state index in [4.69, 9.17) is 27.9 Å². The first-order valence-electron chi connectivity index (χ1n) is 8.14. The highest BCUT2D eigenvalue weighted by Gasteiger charge is 2.25. The van der Waals surface area contributed by atoms with E-state index in [1.807, 2.05) is 0 Å². The minimum absolute atomic E-state index is 0.136. The molecule has 25 heavy (non-hydrogen) atoms. The molecule has 1 N–H and O–H groups in total. The highest BCUT2D eigenvalue weighted by Crippen LogP contribution is 2.31. The Hall–Kier alpha value is -1.78. The minimum Gasteiger partial charge on any atom is -0.479 e. The fourth-order valence-corrected chi connectivity index (χ4v) is 3.49. The SMILES string of the molecule is CC(Oc1ccc(Cl)cc1Cl)C(=O)NC1CCCc2cc(F)ccc21. The van der Waals surface area contributed by atoms with Gasteiger partial charge in [0, 0.05) is 5.02 Å². The van der Waals surface area contributed by atoms with Crippen LogP contribution in [-0.4, -0.2) is 12.0 Å². The van der Waals surface area contributed by atoms with Gasteiger partial charge in [0.15, 0.2) is 6.10 Å². The van der Waals surface area contributed by atoms with Crippen molar-refractivity contribution in [3.8, 4) is 5.75 Å². The van der Waals surface area contributed by atoms with Gasteiger partial charge in [0.2, 0.25) is 0 Å². The van der Waals surface area contributed by atoms with Crippen LogP contribution in [0.2, 0.25) is 10.0 Å². The summed E-state index contributed by atoms with van der Waals surface area (Å²) in [7, 11) is 0. The number of nitrogens with one attached hydrogen (secondary N) is 1. The van der Waals surface area contributed by atoms with E-state index >= 15 is 0 Å². The van der Waals surface area contributed by atoms with Crippen LogP contribution in [0.3, 0.4) is 0 Å². The zero-order valence-electron chi connectivity index (χ0n) is 13.7. The van der Waals surface area contributed by atoms with Crippen LogP contribution in [0.4, 0.5) is 4.39 Å². The fourth-order valence-electron chi connectivity index (χ4n) is 3.04. The third-order valence-electron chi connectivity index (χ3n) is 4.30. The summed E-state index contributed by atoms with van der Waals surface area (Å²) in [5.74, 6) is -0.0900. The largest absolute Gasteiger partial charge is 0.479 e.